The van der Waals surface area contributed by atoms with Crippen LogP contribution >= 0.6 is 0 Å². The first kappa shape index (κ1) is 21.4. The second kappa shape index (κ2) is 9.34. The number of rotatable bonds is 8. The van der Waals surface area contributed by atoms with E-state index in [4.69, 9.17) is 4.74 Å². The van der Waals surface area contributed by atoms with Gasteiger partial charge in [-0.1, -0.05) is 18.2 Å². The highest BCUT2D eigenvalue weighted by atomic mass is 32.2. The molecule has 2 rings (SSSR count). The number of esters is 1. The Hall–Kier alpha value is -2.91. The lowest BCUT2D eigenvalue weighted by Crippen LogP contribution is -2.28. The molecule has 1 amide bonds. The van der Waals surface area contributed by atoms with Gasteiger partial charge in [0.25, 0.3) is 15.9 Å². The Morgan fingerprint density at radius 3 is 2.43 bits per heavy atom. The molecule has 28 heavy (non-hydrogen) atoms. The molecule has 9 heteroatoms. The third-order valence-electron chi connectivity index (χ3n) is 3.93. The zero-order valence-corrected chi connectivity index (χ0v) is 16.6. The van der Waals surface area contributed by atoms with Crippen LogP contribution < -0.4 is 10.0 Å². The maximum Gasteiger partial charge on any atom is 0.338 e. The van der Waals surface area contributed by atoms with Gasteiger partial charge in [-0.15, -0.1) is 0 Å². The maximum atomic E-state index is 12.8. The molecule has 0 bridgehead atoms. The number of hydrogen-bond donors (Lipinski definition) is 2. The van der Waals surface area contributed by atoms with Crippen molar-refractivity contribution < 1.29 is 27.5 Å². The second-order valence-electron chi connectivity index (χ2n) is 5.87. The fourth-order valence-electron chi connectivity index (χ4n) is 2.43. The Morgan fingerprint density at radius 2 is 1.75 bits per heavy atom. The van der Waals surface area contributed by atoms with Crippen molar-refractivity contribution in [2.45, 2.75) is 11.8 Å². The Kier molecular flexibility index (Phi) is 7.13. The van der Waals surface area contributed by atoms with Crippen LogP contribution in [0.25, 0.3) is 0 Å². The van der Waals surface area contributed by atoms with Crippen LogP contribution in [0.4, 0.5) is 5.69 Å². The monoisotopic (exact) mass is 406 g/mol. The fraction of sp³-hybridized carbons (Fsp3) is 0.263. The van der Waals surface area contributed by atoms with E-state index in [1.807, 2.05) is 0 Å². The summed E-state index contributed by atoms with van der Waals surface area (Å²) >= 11 is 0. The van der Waals surface area contributed by atoms with Crippen molar-refractivity contribution in [3.05, 3.63) is 59.2 Å². The van der Waals surface area contributed by atoms with Crippen LogP contribution in [-0.2, 0) is 19.5 Å². The largest absolute Gasteiger partial charge is 0.465 e. The molecule has 2 aromatic carbocycles. The fourth-order valence-corrected chi connectivity index (χ4v) is 3.54. The second-order valence-corrected chi connectivity index (χ2v) is 7.55. The topological polar surface area (TPSA) is 111 Å². The van der Waals surface area contributed by atoms with Gasteiger partial charge in [0, 0.05) is 13.7 Å². The van der Waals surface area contributed by atoms with Crippen molar-refractivity contribution in [2.24, 2.45) is 0 Å². The normalized spacial score (nSPS) is 11.0. The first-order valence-electron chi connectivity index (χ1n) is 8.38. The van der Waals surface area contributed by atoms with Crippen LogP contribution in [0.3, 0.4) is 0 Å². The van der Waals surface area contributed by atoms with Crippen molar-refractivity contribution in [1.29, 1.82) is 0 Å². The number of methoxy groups -OCH3 is 2. The molecule has 0 aliphatic carbocycles. The molecule has 150 valence electrons. The van der Waals surface area contributed by atoms with Gasteiger partial charge in [0.05, 0.1) is 35.4 Å². The summed E-state index contributed by atoms with van der Waals surface area (Å²) < 4.78 is 37.6. The first-order chi connectivity index (χ1) is 13.3. The van der Waals surface area contributed by atoms with Gasteiger partial charge in [-0.05, 0) is 36.8 Å². The van der Waals surface area contributed by atoms with Crippen molar-refractivity contribution in [1.82, 2.24) is 5.32 Å². The SMILES string of the molecule is COCCNC(=O)c1ccccc1NS(=O)(=O)c1ccc(C)c(C(=O)OC)c1. The lowest BCUT2D eigenvalue weighted by molar-refractivity contribution is 0.0599. The smallest absolute Gasteiger partial charge is 0.338 e. The number of ether oxygens (including phenoxy) is 2. The molecule has 2 aromatic rings. The highest BCUT2D eigenvalue weighted by Gasteiger charge is 2.21. The van der Waals surface area contributed by atoms with E-state index >= 15 is 0 Å². The minimum atomic E-state index is -4.04. The molecule has 0 heterocycles. The summed E-state index contributed by atoms with van der Waals surface area (Å²) in [7, 11) is -1.30. The summed E-state index contributed by atoms with van der Waals surface area (Å²) in [4.78, 5) is 24.0. The average molecular weight is 406 g/mol. The Labute approximate surface area is 163 Å². The van der Waals surface area contributed by atoms with Gasteiger partial charge in [-0.25, -0.2) is 13.2 Å². The summed E-state index contributed by atoms with van der Waals surface area (Å²) in [5.41, 5.74) is 1.03. The van der Waals surface area contributed by atoms with Crippen LogP contribution in [0.5, 0.6) is 0 Å². The molecule has 0 atom stereocenters. The van der Waals surface area contributed by atoms with Gasteiger partial charge in [-0.3, -0.25) is 9.52 Å². The van der Waals surface area contributed by atoms with E-state index in [9.17, 15) is 18.0 Å². The van der Waals surface area contributed by atoms with Crippen molar-refractivity contribution in [3.63, 3.8) is 0 Å². The lowest BCUT2D eigenvalue weighted by atomic mass is 10.1. The van der Waals surface area contributed by atoms with E-state index in [0.717, 1.165) is 0 Å². The van der Waals surface area contributed by atoms with E-state index in [1.54, 1.807) is 19.1 Å². The van der Waals surface area contributed by atoms with Gasteiger partial charge in [-0.2, -0.15) is 0 Å². The highest BCUT2D eigenvalue weighted by molar-refractivity contribution is 7.92. The predicted molar refractivity (Wildman–Crippen MR) is 104 cm³/mol. The van der Waals surface area contributed by atoms with Gasteiger partial charge in [0.1, 0.15) is 0 Å². The number of aryl methyl sites for hydroxylation is 1. The summed E-state index contributed by atoms with van der Waals surface area (Å²) in [6.45, 7) is 2.30. The molecule has 0 saturated heterocycles. The molecule has 2 N–H and O–H groups in total. The van der Waals surface area contributed by atoms with Crippen molar-refractivity contribution in [3.8, 4) is 0 Å². The highest BCUT2D eigenvalue weighted by Crippen LogP contribution is 2.22. The number of amides is 1. The number of hydrogen-bond acceptors (Lipinski definition) is 6. The van der Waals surface area contributed by atoms with Crippen molar-refractivity contribution in [2.75, 3.05) is 32.1 Å². The quantitative estimate of drug-likeness (QED) is 0.512. The molecule has 0 unspecified atom stereocenters. The summed E-state index contributed by atoms with van der Waals surface area (Å²) in [6.07, 6.45) is 0. The lowest BCUT2D eigenvalue weighted by Gasteiger charge is -2.14. The van der Waals surface area contributed by atoms with Gasteiger partial charge in [0.15, 0.2) is 0 Å². The molecule has 0 aromatic heterocycles. The van der Waals surface area contributed by atoms with E-state index in [2.05, 4.69) is 14.8 Å². The van der Waals surface area contributed by atoms with Crippen LogP contribution in [0, 0.1) is 6.92 Å². The van der Waals surface area contributed by atoms with Gasteiger partial charge >= 0.3 is 5.97 Å². The van der Waals surface area contributed by atoms with Gasteiger partial charge < -0.3 is 14.8 Å². The van der Waals surface area contributed by atoms with E-state index < -0.39 is 21.9 Å². The number of sulfonamides is 1. The van der Waals surface area contributed by atoms with E-state index in [0.29, 0.717) is 12.2 Å². The molecule has 0 radical (unpaired) electrons. The Morgan fingerprint density at radius 1 is 1.04 bits per heavy atom. The number of para-hydroxylation sites is 1. The third-order valence-corrected chi connectivity index (χ3v) is 5.30. The average Bonchev–Trinajstić information content (AvgIpc) is 2.67. The number of nitrogens with one attached hydrogen (secondary N) is 2. The van der Waals surface area contributed by atoms with Crippen LogP contribution in [0.1, 0.15) is 26.3 Å². The summed E-state index contributed by atoms with van der Waals surface area (Å²) in [6, 6.07) is 10.4. The van der Waals surface area contributed by atoms with Crippen LogP contribution in [-0.4, -0.2) is 47.7 Å². The third kappa shape index (κ3) is 5.08. The molecule has 0 aliphatic heterocycles. The number of carbonyl (C=O) groups is 2. The van der Waals surface area contributed by atoms with Crippen LogP contribution in [0.15, 0.2) is 47.4 Å². The zero-order chi connectivity index (χ0) is 20.7. The van der Waals surface area contributed by atoms with E-state index in [-0.39, 0.29) is 28.3 Å². The number of benzene rings is 2. The molecule has 0 spiro atoms. The molecule has 0 fully saturated rings. The molecular formula is C19H22N2O6S. The molecule has 8 nitrogen and oxygen atoms in total. The standard InChI is InChI=1S/C19H22N2O6S/c1-13-8-9-14(12-16(13)19(23)27-3)28(24,25)21-17-7-5-4-6-15(17)18(22)20-10-11-26-2/h4-9,12,21H,10-11H2,1-3H3,(H,20,22). The Balaban J connectivity index is 2.33. The van der Waals surface area contributed by atoms with Gasteiger partial charge in [0.2, 0.25) is 0 Å². The predicted octanol–water partition coefficient (Wildman–Crippen LogP) is 1.96. The molecule has 0 saturated carbocycles. The first-order valence-corrected chi connectivity index (χ1v) is 9.86. The number of anilines is 1. The van der Waals surface area contributed by atoms with Crippen molar-refractivity contribution >= 4 is 27.6 Å². The minimum Gasteiger partial charge on any atom is -0.465 e. The molecule has 0 aliphatic rings. The zero-order valence-electron chi connectivity index (χ0n) is 15.8. The summed E-state index contributed by atoms with van der Waals surface area (Å²) in [5, 5.41) is 2.64. The van der Waals surface area contributed by atoms with E-state index in [1.165, 1.54) is 44.6 Å². The van der Waals surface area contributed by atoms with Crippen LogP contribution in [0.2, 0.25) is 0 Å². The maximum absolute atomic E-state index is 12.8. The minimum absolute atomic E-state index is 0.118. The Bertz CT molecular complexity index is 972. The number of carbonyl (C=O) groups excluding carboxylic acids is 2. The molecular weight excluding hydrogens is 384 g/mol. The summed E-state index contributed by atoms with van der Waals surface area (Å²) in [5.74, 6) is -1.07.